The van der Waals surface area contributed by atoms with Crippen LogP contribution in [0.2, 0.25) is 0 Å². The molecule has 1 heterocycles. The number of anilines is 1. The summed E-state index contributed by atoms with van der Waals surface area (Å²) in [5.41, 5.74) is 7.56. The minimum atomic E-state index is -0.321. The lowest BCUT2D eigenvalue weighted by atomic mass is 10.1. The Bertz CT molecular complexity index is 555. The molecule has 0 radical (unpaired) electrons. The summed E-state index contributed by atoms with van der Waals surface area (Å²) in [7, 11) is 0. The Labute approximate surface area is 130 Å². The molecule has 0 bridgehead atoms. The Hall–Kier alpha value is -1.49. The van der Waals surface area contributed by atoms with E-state index in [1.807, 2.05) is 39.0 Å². The third kappa shape index (κ3) is 3.23. The highest BCUT2D eigenvalue weighted by Gasteiger charge is 2.41. The van der Waals surface area contributed by atoms with E-state index in [4.69, 9.17) is 5.73 Å². The van der Waals surface area contributed by atoms with Crippen LogP contribution < -0.4 is 5.73 Å². The molecule has 1 aliphatic heterocycles. The number of amides is 2. The van der Waals surface area contributed by atoms with Crippen molar-refractivity contribution in [2.75, 3.05) is 5.73 Å². The fourth-order valence-corrected chi connectivity index (χ4v) is 3.85. The minimum absolute atomic E-state index is 0.0255. The monoisotopic (exact) mass is 306 g/mol. The zero-order chi connectivity index (χ0) is 15.6. The second kappa shape index (κ2) is 6.52. The number of imide groups is 1. The van der Waals surface area contributed by atoms with Crippen molar-refractivity contribution in [1.82, 2.24) is 4.90 Å². The first-order valence-corrected chi connectivity index (χ1v) is 8.24. The molecule has 1 unspecified atom stereocenters. The summed E-state index contributed by atoms with van der Waals surface area (Å²) in [6.07, 6.45) is 1.90. The average Bonchev–Trinajstić information content (AvgIpc) is 2.72. The van der Waals surface area contributed by atoms with E-state index in [1.165, 1.54) is 16.7 Å². The van der Waals surface area contributed by atoms with Crippen LogP contribution in [0.25, 0.3) is 0 Å². The molecule has 0 saturated carbocycles. The summed E-state index contributed by atoms with van der Waals surface area (Å²) >= 11 is 1.45. The highest BCUT2D eigenvalue weighted by molar-refractivity contribution is 8.00. The quantitative estimate of drug-likeness (QED) is 0.671. The molecule has 1 aromatic carbocycles. The molecule has 2 rings (SSSR count). The van der Waals surface area contributed by atoms with Crippen molar-refractivity contribution in [3.8, 4) is 0 Å². The van der Waals surface area contributed by atoms with Crippen LogP contribution >= 0.6 is 11.8 Å². The van der Waals surface area contributed by atoms with Crippen LogP contribution in [-0.2, 0) is 9.59 Å². The van der Waals surface area contributed by atoms with Gasteiger partial charge in [0.15, 0.2) is 0 Å². The number of likely N-dealkylation sites (tertiary alicyclic amines) is 1. The topological polar surface area (TPSA) is 63.4 Å². The number of hydrogen-bond donors (Lipinski definition) is 1. The molecule has 1 saturated heterocycles. The summed E-state index contributed by atoms with van der Waals surface area (Å²) in [5.74, 6) is -0.103. The van der Waals surface area contributed by atoms with Crippen molar-refractivity contribution >= 4 is 29.3 Å². The Morgan fingerprint density at radius 2 is 2.00 bits per heavy atom. The standard InChI is InChI=1S/C16H22N2O2S/c1-4-12(5-2)18-15(19)9-14(16(18)20)21-13-8-11(17)7-6-10(13)3/h6-8,12,14H,4-5,9,17H2,1-3H3. The molecule has 4 nitrogen and oxygen atoms in total. The maximum atomic E-state index is 12.5. The van der Waals surface area contributed by atoms with Gasteiger partial charge < -0.3 is 5.73 Å². The van der Waals surface area contributed by atoms with Gasteiger partial charge in [0.05, 0.1) is 5.25 Å². The van der Waals surface area contributed by atoms with E-state index in [2.05, 4.69) is 0 Å². The maximum Gasteiger partial charge on any atom is 0.243 e. The number of carbonyl (C=O) groups is 2. The van der Waals surface area contributed by atoms with Crippen molar-refractivity contribution in [1.29, 1.82) is 0 Å². The van der Waals surface area contributed by atoms with Gasteiger partial charge in [-0.3, -0.25) is 14.5 Å². The Balaban J connectivity index is 2.17. The number of nitrogens with zero attached hydrogens (tertiary/aromatic N) is 1. The first-order chi connectivity index (χ1) is 9.97. The summed E-state index contributed by atoms with van der Waals surface area (Å²) in [5, 5.41) is -0.321. The zero-order valence-corrected chi connectivity index (χ0v) is 13.6. The second-order valence-electron chi connectivity index (χ2n) is 5.41. The molecule has 0 aromatic heterocycles. The summed E-state index contributed by atoms with van der Waals surface area (Å²) in [6, 6.07) is 5.68. The Kier molecular flexibility index (Phi) is 4.93. The van der Waals surface area contributed by atoms with E-state index in [-0.39, 0.29) is 29.5 Å². The number of carbonyl (C=O) groups excluding carboxylic acids is 2. The zero-order valence-electron chi connectivity index (χ0n) is 12.8. The van der Waals surface area contributed by atoms with Crippen molar-refractivity contribution in [3.05, 3.63) is 23.8 Å². The van der Waals surface area contributed by atoms with Crippen molar-refractivity contribution in [2.45, 2.75) is 56.2 Å². The van der Waals surface area contributed by atoms with Gasteiger partial charge in [0.25, 0.3) is 0 Å². The fourth-order valence-electron chi connectivity index (χ4n) is 2.65. The van der Waals surface area contributed by atoms with Crippen molar-refractivity contribution in [2.24, 2.45) is 0 Å². The van der Waals surface area contributed by atoms with Gasteiger partial charge >= 0.3 is 0 Å². The van der Waals surface area contributed by atoms with Gasteiger partial charge in [-0.15, -0.1) is 11.8 Å². The number of thioether (sulfide) groups is 1. The van der Waals surface area contributed by atoms with Gasteiger partial charge in [0.2, 0.25) is 11.8 Å². The molecule has 114 valence electrons. The first kappa shape index (κ1) is 15.9. The van der Waals surface area contributed by atoms with Crippen LogP contribution in [0.15, 0.2) is 23.1 Å². The van der Waals surface area contributed by atoms with Gasteiger partial charge in [-0.1, -0.05) is 19.9 Å². The number of hydrogen-bond acceptors (Lipinski definition) is 4. The molecule has 1 aromatic rings. The molecule has 0 spiro atoms. The third-order valence-corrected chi connectivity index (χ3v) is 5.28. The number of nitrogens with two attached hydrogens (primary N) is 1. The summed E-state index contributed by atoms with van der Waals surface area (Å²) in [4.78, 5) is 27.1. The van der Waals surface area contributed by atoms with Crippen molar-refractivity contribution in [3.63, 3.8) is 0 Å². The number of nitrogen functional groups attached to an aromatic ring is 1. The Morgan fingerprint density at radius 1 is 1.33 bits per heavy atom. The molecule has 21 heavy (non-hydrogen) atoms. The molecular formula is C16H22N2O2S. The van der Waals surface area contributed by atoms with Crippen LogP contribution in [0.5, 0.6) is 0 Å². The van der Waals surface area contributed by atoms with Crippen molar-refractivity contribution < 1.29 is 9.59 Å². The largest absolute Gasteiger partial charge is 0.399 e. The SMILES string of the molecule is CCC(CC)N1C(=O)CC(Sc2cc(N)ccc2C)C1=O. The molecule has 1 fully saturated rings. The highest BCUT2D eigenvalue weighted by Crippen LogP contribution is 2.35. The molecule has 2 amide bonds. The smallest absolute Gasteiger partial charge is 0.243 e. The molecule has 5 heteroatoms. The van der Waals surface area contributed by atoms with Crippen LogP contribution in [0, 0.1) is 6.92 Å². The van der Waals surface area contributed by atoms with E-state index in [0.717, 1.165) is 23.3 Å². The molecule has 2 N–H and O–H groups in total. The van der Waals surface area contributed by atoms with Gasteiger partial charge in [0.1, 0.15) is 0 Å². The maximum absolute atomic E-state index is 12.5. The predicted molar refractivity (Wildman–Crippen MR) is 86.1 cm³/mol. The predicted octanol–water partition coefficient (Wildman–Crippen LogP) is 2.99. The fraction of sp³-hybridized carbons (Fsp3) is 0.500. The van der Waals surface area contributed by atoms with E-state index < -0.39 is 0 Å². The van der Waals surface area contributed by atoms with Crippen LogP contribution in [-0.4, -0.2) is 28.0 Å². The number of rotatable bonds is 5. The summed E-state index contributed by atoms with van der Waals surface area (Å²) in [6.45, 7) is 6.01. The third-order valence-electron chi connectivity index (χ3n) is 3.93. The number of benzene rings is 1. The number of aryl methyl sites for hydroxylation is 1. The van der Waals surface area contributed by atoms with Gasteiger partial charge in [-0.25, -0.2) is 0 Å². The van der Waals surface area contributed by atoms with E-state index in [1.54, 1.807) is 0 Å². The van der Waals surface area contributed by atoms with Crippen LogP contribution in [0.3, 0.4) is 0 Å². The Morgan fingerprint density at radius 3 is 2.62 bits per heavy atom. The molecule has 1 aliphatic rings. The lowest BCUT2D eigenvalue weighted by Gasteiger charge is -2.24. The lowest BCUT2D eigenvalue weighted by Crippen LogP contribution is -2.40. The normalized spacial score (nSPS) is 18.9. The van der Waals surface area contributed by atoms with E-state index in [9.17, 15) is 9.59 Å². The minimum Gasteiger partial charge on any atom is -0.399 e. The average molecular weight is 306 g/mol. The van der Waals surface area contributed by atoms with Gasteiger partial charge in [-0.05, 0) is 37.5 Å². The lowest BCUT2D eigenvalue weighted by molar-refractivity contribution is -0.141. The molecular weight excluding hydrogens is 284 g/mol. The molecule has 0 aliphatic carbocycles. The highest BCUT2D eigenvalue weighted by atomic mass is 32.2. The van der Waals surface area contributed by atoms with Gasteiger partial charge in [0, 0.05) is 23.0 Å². The van der Waals surface area contributed by atoms with Crippen LogP contribution in [0.1, 0.15) is 38.7 Å². The second-order valence-corrected chi connectivity index (χ2v) is 6.65. The molecule has 1 atom stereocenters. The van der Waals surface area contributed by atoms with E-state index >= 15 is 0 Å². The summed E-state index contributed by atoms with van der Waals surface area (Å²) < 4.78 is 0. The van der Waals surface area contributed by atoms with Crippen LogP contribution in [0.4, 0.5) is 5.69 Å². The van der Waals surface area contributed by atoms with E-state index in [0.29, 0.717) is 5.69 Å². The van der Waals surface area contributed by atoms with Gasteiger partial charge in [-0.2, -0.15) is 0 Å². The first-order valence-electron chi connectivity index (χ1n) is 7.36.